The Bertz CT molecular complexity index is 431. The number of hydrogen-bond acceptors (Lipinski definition) is 3. The van der Waals surface area contributed by atoms with Gasteiger partial charge in [0.15, 0.2) is 0 Å². The van der Waals surface area contributed by atoms with Crippen LogP contribution < -0.4 is 0 Å². The quantitative estimate of drug-likeness (QED) is 0.907. The summed E-state index contributed by atoms with van der Waals surface area (Å²) in [4.78, 5) is 6.73. The van der Waals surface area contributed by atoms with Crippen LogP contribution >= 0.6 is 0 Å². The highest BCUT2D eigenvalue weighted by Gasteiger charge is 2.42. The molecule has 1 aliphatic carbocycles. The molecule has 1 aromatic rings. The number of nitrogens with zero attached hydrogens (tertiary/aromatic N) is 3. The zero-order valence-electron chi connectivity index (χ0n) is 11.9. The van der Waals surface area contributed by atoms with Crippen molar-refractivity contribution in [1.29, 1.82) is 0 Å². The SMILES string of the molecule is CCn1cncc1CN1CCC2(O)CCCCC2C1. The van der Waals surface area contributed by atoms with Gasteiger partial charge in [-0.25, -0.2) is 4.98 Å². The van der Waals surface area contributed by atoms with Gasteiger partial charge in [-0.2, -0.15) is 0 Å². The van der Waals surface area contributed by atoms with Crippen LogP contribution in [-0.4, -0.2) is 38.2 Å². The molecule has 4 nitrogen and oxygen atoms in total. The molecule has 4 heteroatoms. The Kier molecular flexibility index (Phi) is 3.63. The van der Waals surface area contributed by atoms with Crippen LogP contribution in [-0.2, 0) is 13.1 Å². The van der Waals surface area contributed by atoms with Gasteiger partial charge in [0.1, 0.15) is 0 Å². The lowest BCUT2D eigenvalue weighted by molar-refractivity contribution is -0.0970. The van der Waals surface area contributed by atoms with E-state index < -0.39 is 0 Å². The summed E-state index contributed by atoms with van der Waals surface area (Å²) in [5, 5.41) is 10.7. The molecule has 1 saturated carbocycles. The molecule has 106 valence electrons. The second-order valence-electron chi connectivity index (χ2n) is 6.20. The zero-order chi connectivity index (χ0) is 13.3. The first-order chi connectivity index (χ1) is 9.21. The number of aromatic nitrogens is 2. The molecule has 0 bridgehead atoms. The van der Waals surface area contributed by atoms with Crippen molar-refractivity contribution in [3.05, 3.63) is 18.2 Å². The van der Waals surface area contributed by atoms with Gasteiger partial charge in [0, 0.05) is 38.3 Å². The lowest BCUT2D eigenvalue weighted by Gasteiger charge is -2.47. The molecule has 0 radical (unpaired) electrons. The molecular formula is C15H25N3O. The summed E-state index contributed by atoms with van der Waals surface area (Å²) in [5.41, 5.74) is 0.934. The predicted octanol–water partition coefficient (Wildman–Crippen LogP) is 2.03. The molecule has 1 N–H and O–H groups in total. The van der Waals surface area contributed by atoms with Crippen LogP contribution in [0.5, 0.6) is 0 Å². The Morgan fingerprint density at radius 1 is 1.42 bits per heavy atom. The highest BCUT2D eigenvalue weighted by Crippen LogP contribution is 2.39. The molecule has 2 atom stereocenters. The van der Waals surface area contributed by atoms with E-state index in [1.807, 2.05) is 12.5 Å². The zero-order valence-corrected chi connectivity index (χ0v) is 11.9. The van der Waals surface area contributed by atoms with E-state index in [0.29, 0.717) is 5.92 Å². The summed E-state index contributed by atoms with van der Waals surface area (Å²) in [6.45, 7) is 6.17. The van der Waals surface area contributed by atoms with Gasteiger partial charge < -0.3 is 9.67 Å². The lowest BCUT2D eigenvalue weighted by Crippen LogP contribution is -2.53. The number of aliphatic hydroxyl groups is 1. The minimum absolute atomic E-state index is 0.361. The van der Waals surface area contributed by atoms with Gasteiger partial charge in [0.05, 0.1) is 17.6 Å². The summed E-state index contributed by atoms with van der Waals surface area (Å²) in [6.07, 6.45) is 9.53. The van der Waals surface area contributed by atoms with E-state index in [1.54, 1.807) is 0 Å². The molecule has 0 amide bonds. The smallest absolute Gasteiger partial charge is 0.0948 e. The van der Waals surface area contributed by atoms with E-state index >= 15 is 0 Å². The number of hydrogen-bond donors (Lipinski definition) is 1. The average Bonchev–Trinajstić information content (AvgIpc) is 2.86. The number of piperidine rings is 1. The number of imidazole rings is 1. The Balaban J connectivity index is 1.65. The van der Waals surface area contributed by atoms with Crippen LogP contribution in [0.2, 0.25) is 0 Å². The normalized spacial score (nSPS) is 32.2. The van der Waals surface area contributed by atoms with Crippen molar-refractivity contribution in [2.24, 2.45) is 5.92 Å². The van der Waals surface area contributed by atoms with Gasteiger partial charge in [0.25, 0.3) is 0 Å². The van der Waals surface area contributed by atoms with Gasteiger partial charge in [-0.3, -0.25) is 4.90 Å². The third-order valence-corrected chi connectivity index (χ3v) is 5.04. The molecule has 1 saturated heterocycles. The topological polar surface area (TPSA) is 41.3 Å². The van der Waals surface area contributed by atoms with Gasteiger partial charge in [-0.15, -0.1) is 0 Å². The molecule has 2 fully saturated rings. The van der Waals surface area contributed by atoms with Crippen molar-refractivity contribution in [2.75, 3.05) is 13.1 Å². The Labute approximate surface area is 115 Å². The van der Waals surface area contributed by atoms with Crippen LogP contribution in [0.1, 0.15) is 44.7 Å². The van der Waals surface area contributed by atoms with E-state index in [1.165, 1.54) is 25.0 Å². The molecule has 0 spiro atoms. The highest BCUT2D eigenvalue weighted by molar-refractivity contribution is 5.01. The van der Waals surface area contributed by atoms with Crippen molar-refractivity contribution in [3.8, 4) is 0 Å². The molecule has 3 rings (SSSR count). The van der Waals surface area contributed by atoms with Crippen LogP contribution in [0.4, 0.5) is 0 Å². The average molecular weight is 263 g/mol. The molecule has 2 heterocycles. The molecule has 19 heavy (non-hydrogen) atoms. The van der Waals surface area contributed by atoms with E-state index in [9.17, 15) is 5.11 Å². The van der Waals surface area contributed by atoms with Crippen LogP contribution in [0.3, 0.4) is 0 Å². The lowest BCUT2D eigenvalue weighted by atomic mass is 9.71. The largest absolute Gasteiger partial charge is 0.390 e. The van der Waals surface area contributed by atoms with Crippen molar-refractivity contribution < 1.29 is 5.11 Å². The Hall–Kier alpha value is -0.870. The summed E-state index contributed by atoms with van der Waals surface area (Å²) >= 11 is 0. The number of aryl methyl sites for hydroxylation is 1. The first-order valence-electron chi connectivity index (χ1n) is 7.65. The maximum absolute atomic E-state index is 10.7. The minimum atomic E-state index is -0.361. The van der Waals surface area contributed by atoms with Crippen LogP contribution in [0.15, 0.2) is 12.5 Å². The summed E-state index contributed by atoms with van der Waals surface area (Å²) < 4.78 is 2.21. The fourth-order valence-electron chi connectivity index (χ4n) is 3.78. The van der Waals surface area contributed by atoms with Crippen molar-refractivity contribution in [2.45, 2.75) is 57.7 Å². The first-order valence-corrected chi connectivity index (χ1v) is 7.65. The van der Waals surface area contributed by atoms with E-state index in [0.717, 1.165) is 39.0 Å². The van der Waals surface area contributed by atoms with Gasteiger partial charge in [-0.05, 0) is 26.2 Å². The molecule has 2 aliphatic rings. The van der Waals surface area contributed by atoms with Gasteiger partial charge >= 0.3 is 0 Å². The molecule has 0 aromatic carbocycles. The van der Waals surface area contributed by atoms with Crippen LogP contribution in [0.25, 0.3) is 0 Å². The fraction of sp³-hybridized carbons (Fsp3) is 0.800. The first kappa shape index (κ1) is 13.1. The number of likely N-dealkylation sites (tertiary alicyclic amines) is 1. The maximum Gasteiger partial charge on any atom is 0.0948 e. The van der Waals surface area contributed by atoms with E-state index in [4.69, 9.17) is 0 Å². The van der Waals surface area contributed by atoms with Gasteiger partial charge in [0.2, 0.25) is 0 Å². The third-order valence-electron chi connectivity index (χ3n) is 5.04. The second kappa shape index (κ2) is 5.25. The van der Waals surface area contributed by atoms with Crippen molar-refractivity contribution in [3.63, 3.8) is 0 Å². The fourth-order valence-corrected chi connectivity index (χ4v) is 3.78. The van der Waals surface area contributed by atoms with E-state index in [2.05, 4.69) is 21.4 Å². The predicted molar refractivity (Wildman–Crippen MR) is 74.7 cm³/mol. The summed E-state index contributed by atoms with van der Waals surface area (Å²) in [6, 6.07) is 0. The highest BCUT2D eigenvalue weighted by atomic mass is 16.3. The number of fused-ring (bicyclic) bond motifs is 1. The summed E-state index contributed by atoms with van der Waals surface area (Å²) in [7, 11) is 0. The molecular weight excluding hydrogens is 238 g/mol. The number of rotatable bonds is 3. The third kappa shape index (κ3) is 2.56. The molecule has 2 unspecified atom stereocenters. The molecule has 1 aromatic heterocycles. The van der Waals surface area contributed by atoms with Crippen LogP contribution in [0, 0.1) is 5.92 Å². The standard InChI is InChI=1S/C15H25N3O/c1-2-18-12-16-9-14(18)11-17-8-7-15(19)6-4-3-5-13(15)10-17/h9,12-13,19H,2-8,10-11H2,1H3. The Morgan fingerprint density at radius 3 is 3.16 bits per heavy atom. The van der Waals surface area contributed by atoms with Crippen molar-refractivity contribution >= 4 is 0 Å². The second-order valence-corrected chi connectivity index (χ2v) is 6.20. The van der Waals surface area contributed by atoms with Gasteiger partial charge in [-0.1, -0.05) is 12.8 Å². The maximum atomic E-state index is 10.7. The van der Waals surface area contributed by atoms with Crippen molar-refractivity contribution in [1.82, 2.24) is 14.5 Å². The van der Waals surface area contributed by atoms with E-state index in [-0.39, 0.29) is 5.60 Å². The minimum Gasteiger partial charge on any atom is -0.390 e. The molecule has 1 aliphatic heterocycles. The summed E-state index contributed by atoms with van der Waals surface area (Å²) in [5.74, 6) is 0.480. The monoisotopic (exact) mass is 263 g/mol. The Morgan fingerprint density at radius 2 is 2.32 bits per heavy atom.